The van der Waals surface area contributed by atoms with E-state index in [0.717, 1.165) is 0 Å². The average Bonchev–Trinajstić information content (AvgIpc) is 3.16. The van der Waals surface area contributed by atoms with Gasteiger partial charge in [0.05, 0.1) is 13.0 Å². The van der Waals surface area contributed by atoms with Gasteiger partial charge in [0.25, 0.3) is 0 Å². The van der Waals surface area contributed by atoms with Crippen LogP contribution in [0.1, 0.15) is 72.3 Å². The van der Waals surface area contributed by atoms with Gasteiger partial charge in [0.15, 0.2) is 5.96 Å². The summed E-state index contributed by atoms with van der Waals surface area (Å²) in [6.07, 6.45) is 0.152. The predicted octanol–water partition coefficient (Wildman–Crippen LogP) is -4.26. The van der Waals surface area contributed by atoms with Gasteiger partial charge in [-0.25, -0.2) is 0 Å². The van der Waals surface area contributed by atoms with Gasteiger partial charge < -0.3 is 65.9 Å². The van der Waals surface area contributed by atoms with Crippen molar-refractivity contribution in [2.24, 2.45) is 45.5 Å². The first-order chi connectivity index (χ1) is 28.2. The lowest BCUT2D eigenvalue weighted by Crippen LogP contribution is -2.61. The number of nitrogens with two attached hydrogens (primary N) is 5. The molecule has 1 aromatic rings. The summed E-state index contributed by atoms with van der Waals surface area (Å²) in [6.45, 7) is 7.54. The standard InChI is InChI=1S/C38H63N13O9/c1-20(2)30(51-35(58)26(17-23-11-7-6-8-12-23)48-33(56)24(46-22(5)52)14-10-16-44-38(42)43)36(59)47-25(13-9-15-39)34(57)50-31(21(3)4)37(60)49-27(18-28(40)53)32(55)45-19-29(41)54/h6-8,11-12,20-21,24-27,30-31H,9-10,13-19,39H2,1-5H3,(H2,40,53)(H2,41,54)(H,45,55)(H,46,52)(H,47,59)(H,48,56)(H,49,60)(H,50,57)(H,51,58)(H4,42,43,44)/t24-,25-,26-,27-,30-,31-/m0/s1. The third-order valence-electron chi connectivity index (χ3n) is 8.85. The summed E-state index contributed by atoms with van der Waals surface area (Å²) < 4.78 is 0. The Kier molecular flexibility index (Phi) is 23.0. The molecule has 0 heterocycles. The van der Waals surface area contributed by atoms with E-state index in [1.54, 1.807) is 58.0 Å². The molecule has 1 rings (SSSR count). The molecule has 17 N–H and O–H groups in total. The Bertz CT molecular complexity index is 1670. The zero-order chi connectivity index (χ0) is 45.5. The average molecular weight is 846 g/mol. The van der Waals surface area contributed by atoms with Gasteiger partial charge in [0, 0.05) is 19.9 Å². The van der Waals surface area contributed by atoms with Crippen molar-refractivity contribution in [3.63, 3.8) is 0 Å². The highest BCUT2D eigenvalue weighted by atomic mass is 16.2. The highest BCUT2D eigenvalue weighted by Crippen LogP contribution is 2.11. The highest BCUT2D eigenvalue weighted by molar-refractivity contribution is 5.98. The van der Waals surface area contributed by atoms with Gasteiger partial charge in [-0.2, -0.15) is 0 Å². The van der Waals surface area contributed by atoms with Crippen LogP contribution in [0.2, 0.25) is 0 Å². The Morgan fingerprint density at radius 1 is 0.583 bits per heavy atom. The maximum atomic E-state index is 14.0. The van der Waals surface area contributed by atoms with Crippen molar-refractivity contribution in [3.05, 3.63) is 35.9 Å². The van der Waals surface area contributed by atoms with Crippen LogP contribution in [0.5, 0.6) is 0 Å². The second-order valence-corrected chi connectivity index (χ2v) is 14.8. The molecule has 0 radical (unpaired) electrons. The molecule has 334 valence electrons. The molecule has 9 amide bonds. The maximum Gasteiger partial charge on any atom is 0.243 e. The Morgan fingerprint density at radius 3 is 1.55 bits per heavy atom. The smallest absolute Gasteiger partial charge is 0.243 e. The quantitative estimate of drug-likeness (QED) is 0.0228. The van der Waals surface area contributed by atoms with Crippen molar-refractivity contribution in [3.8, 4) is 0 Å². The van der Waals surface area contributed by atoms with E-state index in [0.29, 0.717) is 12.0 Å². The van der Waals surface area contributed by atoms with Crippen LogP contribution < -0.4 is 65.9 Å². The zero-order valence-electron chi connectivity index (χ0n) is 34.9. The van der Waals surface area contributed by atoms with Gasteiger partial charge in [-0.05, 0) is 49.6 Å². The molecule has 0 saturated carbocycles. The number of carbonyl (C=O) groups excluding carboxylic acids is 9. The number of rotatable bonds is 27. The van der Waals surface area contributed by atoms with Crippen molar-refractivity contribution in [2.75, 3.05) is 19.6 Å². The third-order valence-corrected chi connectivity index (χ3v) is 8.85. The van der Waals surface area contributed by atoms with Gasteiger partial charge in [0.1, 0.15) is 36.3 Å². The van der Waals surface area contributed by atoms with Crippen LogP contribution in [0.25, 0.3) is 0 Å². The summed E-state index contributed by atoms with van der Waals surface area (Å²) in [5.41, 5.74) is 27.5. The lowest BCUT2D eigenvalue weighted by Gasteiger charge is -2.29. The molecule has 22 heteroatoms. The number of carbonyl (C=O) groups is 9. The van der Waals surface area contributed by atoms with E-state index >= 15 is 0 Å². The molecule has 1 aromatic carbocycles. The van der Waals surface area contributed by atoms with E-state index in [-0.39, 0.29) is 44.7 Å². The molecule has 0 aliphatic rings. The van der Waals surface area contributed by atoms with Gasteiger partial charge >= 0.3 is 0 Å². The van der Waals surface area contributed by atoms with Crippen molar-refractivity contribution < 1.29 is 43.2 Å². The molecule has 0 aliphatic heterocycles. The predicted molar refractivity (Wildman–Crippen MR) is 221 cm³/mol. The minimum Gasteiger partial charge on any atom is -0.370 e. The molecular formula is C38H63N13O9. The number of guanidine groups is 1. The molecule has 0 bridgehead atoms. The number of hydrogen-bond acceptors (Lipinski definition) is 11. The van der Waals surface area contributed by atoms with Crippen LogP contribution in [0.3, 0.4) is 0 Å². The monoisotopic (exact) mass is 845 g/mol. The number of nitrogens with one attached hydrogen (secondary N) is 7. The molecule has 6 atom stereocenters. The largest absolute Gasteiger partial charge is 0.370 e. The SMILES string of the molecule is CC(=O)N[C@@H](CCCN=C(N)N)C(=O)N[C@@H](Cc1ccccc1)C(=O)N[C@H](C(=O)N[C@@H](CCCN)C(=O)N[C@H](C(=O)N[C@@H](CC(N)=O)C(=O)NCC(N)=O)C(C)C)C(C)C. The van der Waals surface area contributed by atoms with Crippen molar-refractivity contribution in [2.45, 2.75) is 109 Å². The van der Waals surface area contributed by atoms with Gasteiger partial charge in [-0.3, -0.25) is 48.1 Å². The van der Waals surface area contributed by atoms with E-state index in [4.69, 9.17) is 28.7 Å². The Hall–Kier alpha value is -6.32. The number of aliphatic imine (C=N–C) groups is 1. The fourth-order valence-electron chi connectivity index (χ4n) is 5.75. The van der Waals surface area contributed by atoms with Crippen LogP contribution in [0, 0.1) is 11.8 Å². The normalized spacial score (nSPS) is 13.9. The highest BCUT2D eigenvalue weighted by Gasteiger charge is 2.35. The van der Waals surface area contributed by atoms with Crippen LogP contribution in [0.15, 0.2) is 35.3 Å². The van der Waals surface area contributed by atoms with Gasteiger partial charge in [0.2, 0.25) is 53.2 Å². The van der Waals surface area contributed by atoms with Crippen LogP contribution >= 0.6 is 0 Å². The summed E-state index contributed by atoms with van der Waals surface area (Å²) in [6, 6.07) is 1.24. The van der Waals surface area contributed by atoms with Gasteiger partial charge in [-0.1, -0.05) is 58.0 Å². The maximum absolute atomic E-state index is 14.0. The molecule has 60 heavy (non-hydrogen) atoms. The molecule has 0 saturated heterocycles. The Labute approximate surface area is 349 Å². The van der Waals surface area contributed by atoms with Crippen molar-refractivity contribution in [1.29, 1.82) is 0 Å². The fraction of sp³-hybridized carbons (Fsp3) is 0.579. The summed E-state index contributed by atoms with van der Waals surface area (Å²) in [5, 5.41) is 17.8. The number of nitrogens with zero attached hydrogens (tertiary/aromatic N) is 1. The zero-order valence-corrected chi connectivity index (χ0v) is 34.9. The molecule has 0 aliphatic carbocycles. The lowest BCUT2D eigenvalue weighted by molar-refractivity contribution is -0.136. The molecule has 0 aromatic heterocycles. The summed E-state index contributed by atoms with van der Waals surface area (Å²) >= 11 is 0. The second-order valence-electron chi connectivity index (χ2n) is 14.8. The third kappa shape index (κ3) is 19.9. The number of primary amides is 2. The van der Waals surface area contributed by atoms with Crippen LogP contribution in [0.4, 0.5) is 0 Å². The summed E-state index contributed by atoms with van der Waals surface area (Å²) in [7, 11) is 0. The van der Waals surface area contributed by atoms with Crippen molar-refractivity contribution >= 4 is 59.1 Å². The molecule has 0 spiro atoms. The van der Waals surface area contributed by atoms with E-state index in [9.17, 15) is 43.2 Å². The first-order valence-electron chi connectivity index (χ1n) is 19.6. The van der Waals surface area contributed by atoms with E-state index in [1.165, 1.54) is 6.92 Å². The number of benzene rings is 1. The Morgan fingerprint density at radius 2 is 1.07 bits per heavy atom. The second kappa shape index (κ2) is 26.6. The van der Waals surface area contributed by atoms with Crippen molar-refractivity contribution in [1.82, 2.24) is 37.2 Å². The van der Waals surface area contributed by atoms with Crippen LogP contribution in [-0.2, 0) is 49.6 Å². The minimum absolute atomic E-state index is 0.0128. The number of hydrogen-bond donors (Lipinski definition) is 12. The molecule has 0 unspecified atom stereocenters. The fourth-order valence-corrected chi connectivity index (χ4v) is 5.75. The first kappa shape index (κ1) is 51.7. The topological polar surface area (TPSA) is 380 Å². The summed E-state index contributed by atoms with van der Waals surface area (Å²) in [4.78, 5) is 120. The van der Waals surface area contributed by atoms with Crippen LogP contribution in [-0.4, -0.2) is 115 Å². The van der Waals surface area contributed by atoms with E-state index in [2.05, 4.69) is 42.2 Å². The summed E-state index contributed by atoms with van der Waals surface area (Å²) in [5.74, 6) is -8.26. The first-order valence-corrected chi connectivity index (χ1v) is 19.6. The van der Waals surface area contributed by atoms with E-state index in [1.807, 2.05) is 0 Å². The molecular weight excluding hydrogens is 782 g/mol. The lowest BCUT2D eigenvalue weighted by atomic mass is 9.99. The number of amides is 9. The van der Waals surface area contributed by atoms with Gasteiger partial charge in [-0.15, -0.1) is 0 Å². The molecule has 22 nitrogen and oxygen atoms in total. The minimum atomic E-state index is -1.50. The molecule has 0 fully saturated rings. The Balaban J connectivity index is 3.33. The van der Waals surface area contributed by atoms with E-state index < -0.39 is 114 Å².